The van der Waals surface area contributed by atoms with Gasteiger partial charge in [0.1, 0.15) is 5.75 Å². The Balaban J connectivity index is 1.49. The van der Waals surface area contributed by atoms with Crippen LogP contribution in [0.5, 0.6) is 5.75 Å². The molecule has 0 unspecified atom stereocenters. The lowest BCUT2D eigenvalue weighted by Crippen LogP contribution is -2.33. The molecule has 2 nitrogen and oxygen atoms in total. The minimum atomic E-state index is 0.738. The average molecular weight is 296 g/mol. The standard InChI is InChI=1S/C17H26ClNO/c1-15-8-11-19(12-9-15)10-3-2-4-13-20-17-7-5-6-16(18)14-17/h5-7,14-15H,2-4,8-13H2,1H3. The van der Waals surface area contributed by atoms with Crippen molar-refractivity contribution in [3.63, 3.8) is 0 Å². The molecule has 0 atom stereocenters. The first-order valence-corrected chi connectivity index (χ1v) is 8.22. The number of likely N-dealkylation sites (tertiary alicyclic amines) is 1. The molecule has 3 heteroatoms. The first-order chi connectivity index (χ1) is 9.74. The van der Waals surface area contributed by atoms with Crippen molar-refractivity contribution in [2.45, 2.75) is 39.0 Å². The second-order valence-corrected chi connectivity index (χ2v) is 6.33. The summed E-state index contributed by atoms with van der Waals surface area (Å²) < 4.78 is 5.69. The smallest absolute Gasteiger partial charge is 0.120 e. The van der Waals surface area contributed by atoms with Crippen LogP contribution in [0.15, 0.2) is 24.3 Å². The summed E-state index contributed by atoms with van der Waals surface area (Å²) in [6.45, 7) is 6.99. The van der Waals surface area contributed by atoms with Crippen LogP contribution in [0.2, 0.25) is 5.02 Å². The molecule has 1 fully saturated rings. The number of nitrogens with zero attached hydrogens (tertiary/aromatic N) is 1. The first kappa shape index (κ1) is 15.7. The lowest BCUT2D eigenvalue weighted by Gasteiger charge is -2.30. The van der Waals surface area contributed by atoms with Gasteiger partial charge >= 0.3 is 0 Å². The number of rotatable bonds is 7. The average Bonchev–Trinajstić information content (AvgIpc) is 2.45. The van der Waals surface area contributed by atoms with Crippen molar-refractivity contribution in [2.75, 3.05) is 26.2 Å². The zero-order valence-electron chi connectivity index (χ0n) is 12.5. The van der Waals surface area contributed by atoms with Crippen LogP contribution in [-0.2, 0) is 0 Å². The van der Waals surface area contributed by atoms with E-state index in [0.717, 1.165) is 29.7 Å². The summed E-state index contributed by atoms with van der Waals surface area (Å²) >= 11 is 5.92. The molecule has 0 N–H and O–H groups in total. The summed E-state index contributed by atoms with van der Waals surface area (Å²) in [5.74, 6) is 1.81. The third-order valence-electron chi connectivity index (χ3n) is 4.06. The van der Waals surface area contributed by atoms with Gasteiger partial charge in [0.15, 0.2) is 0 Å². The molecular formula is C17H26ClNO. The number of ether oxygens (including phenoxy) is 1. The van der Waals surface area contributed by atoms with Crippen LogP contribution in [0.3, 0.4) is 0 Å². The first-order valence-electron chi connectivity index (χ1n) is 7.85. The molecule has 0 spiro atoms. The molecule has 1 aromatic carbocycles. The summed E-state index contributed by atoms with van der Waals surface area (Å²) in [6.07, 6.45) is 6.40. The zero-order chi connectivity index (χ0) is 14.2. The maximum absolute atomic E-state index is 5.92. The Kier molecular flexibility index (Phi) is 6.68. The fourth-order valence-corrected chi connectivity index (χ4v) is 2.83. The van der Waals surface area contributed by atoms with Crippen LogP contribution in [-0.4, -0.2) is 31.1 Å². The van der Waals surface area contributed by atoms with Crippen molar-refractivity contribution in [1.29, 1.82) is 0 Å². The Labute approximate surface area is 128 Å². The lowest BCUT2D eigenvalue weighted by atomic mass is 9.99. The maximum atomic E-state index is 5.92. The van der Waals surface area contributed by atoms with E-state index in [0.29, 0.717) is 0 Å². The van der Waals surface area contributed by atoms with Gasteiger partial charge in [0.25, 0.3) is 0 Å². The Morgan fingerprint density at radius 3 is 2.75 bits per heavy atom. The molecule has 0 saturated carbocycles. The van der Waals surface area contributed by atoms with E-state index in [1.807, 2.05) is 24.3 Å². The molecule has 1 aliphatic heterocycles. The van der Waals surface area contributed by atoms with Crippen molar-refractivity contribution < 1.29 is 4.74 Å². The summed E-state index contributed by atoms with van der Waals surface area (Å²) in [4.78, 5) is 2.61. The molecule has 1 aliphatic rings. The summed E-state index contributed by atoms with van der Waals surface area (Å²) in [5, 5.41) is 0.738. The van der Waals surface area contributed by atoms with Crippen molar-refractivity contribution in [2.24, 2.45) is 5.92 Å². The van der Waals surface area contributed by atoms with Crippen LogP contribution < -0.4 is 4.74 Å². The van der Waals surface area contributed by atoms with Crippen LogP contribution in [0.4, 0.5) is 0 Å². The molecule has 112 valence electrons. The van der Waals surface area contributed by atoms with Crippen molar-refractivity contribution in [3.8, 4) is 5.75 Å². The topological polar surface area (TPSA) is 12.5 Å². The quantitative estimate of drug-likeness (QED) is 0.681. The van der Waals surface area contributed by atoms with Crippen molar-refractivity contribution in [3.05, 3.63) is 29.3 Å². The highest BCUT2D eigenvalue weighted by molar-refractivity contribution is 6.30. The van der Waals surface area contributed by atoms with E-state index in [9.17, 15) is 0 Å². The normalized spacial score (nSPS) is 17.3. The molecule has 1 heterocycles. The van der Waals surface area contributed by atoms with Gasteiger partial charge in [-0.3, -0.25) is 0 Å². The third kappa shape index (κ3) is 5.72. The molecule has 0 aliphatic carbocycles. The van der Waals surface area contributed by atoms with E-state index < -0.39 is 0 Å². The summed E-state index contributed by atoms with van der Waals surface area (Å²) in [7, 11) is 0. The molecule has 1 aromatic rings. The fourth-order valence-electron chi connectivity index (χ4n) is 2.65. The highest BCUT2D eigenvalue weighted by Crippen LogP contribution is 2.18. The number of hydrogen-bond donors (Lipinski definition) is 0. The Morgan fingerprint density at radius 2 is 2.00 bits per heavy atom. The highest BCUT2D eigenvalue weighted by Gasteiger charge is 2.14. The van der Waals surface area contributed by atoms with E-state index in [2.05, 4.69) is 11.8 Å². The van der Waals surface area contributed by atoms with E-state index >= 15 is 0 Å². The van der Waals surface area contributed by atoms with Gasteiger partial charge in [0.2, 0.25) is 0 Å². The molecule has 0 radical (unpaired) electrons. The minimum absolute atomic E-state index is 0.738. The van der Waals surface area contributed by atoms with Crippen molar-refractivity contribution in [1.82, 2.24) is 4.90 Å². The van der Waals surface area contributed by atoms with Gasteiger partial charge in [-0.15, -0.1) is 0 Å². The Hall–Kier alpha value is -0.730. The predicted molar refractivity (Wildman–Crippen MR) is 85.6 cm³/mol. The van der Waals surface area contributed by atoms with Gasteiger partial charge in [-0.25, -0.2) is 0 Å². The van der Waals surface area contributed by atoms with Gasteiger partial charge in [-0.05, 0) is 75.9 Å². The lowest BCUT2D eigenvalue weighted by molar-refractivity contribution is 0.187. The molecule has 20 heavy (non-hydrogen) atoms. The van der Waals surface area contributed by atoms with E-state index in [-0.39, 0.29) is 0 Å². The zero-order valence-corrected chi connectivity index (χ0v) is 13.2. The maximum Gasteiger partial charge on any atom is 0.120 e. The SMILES string of the molecule is CC1CCN(CCCCCOc2cccc(Cl)c2)CC1. The molecule has 0 aromatic heterocycles. The second kappa shape index (κ2) is 8.53. The Bertz CT molecular complexity index is 388. The molecule has 1 saturated heterocycles. The van der Waals surface area contributed by atoms with Crippen LogP contribution in [0.25, 0.3) is 0 Å². The molecule has 2 rings (SSSR count). The largest absolute Gasteiger partial charge is 0.494 e. The van der Waals surface area contributed by atoms with E-state index in [1.54, 1.807) is 0 Å². The molecule has 0 amide bonds. The monoisotopic (exact) mass is 295 g/mol. The van der Waals surface area contributed by atoms with Crippen LogP contribution in [0, 0.1) is 5.92 Å². The number of unbranched alkanes of at least 4 members (excludes halogenated alkanes) is 2. The van der Waals surface area contributed by atoms with Crippen LogP contribution >= 0.6 is 11.6 Å². The predicted octanol–water partition coefficient (Wildman–Crippen LogP) is 4.62. The van der Waals surface area contributed by atoms with Gasteiger partial charge < -0.3 is 9.64 Å². The second-order valence-electron chi connectivity index (χ2n) is 5.89. The summed E-state index contributed by atoms with van der Waals surface area (Å²) in [6, 6.07) is 7.63. The minimum Gasteiger partial charge on any atom is -0.494 e. The van der Waals surface area contributed by atoms with E-state index in [1.165, 1.54) is 45.3 Å². The molecular weight excluding hydrogens is 270 g/mol. The summed E-state index contributed by atoms with van der Waals surface area (Å²) in [5.41, 5.74) is 0. The van der Waals surface area contributed by atoms with Gasteiger partial charge in [-0.1, -0.05) is 24.6 Å². The number of halogens is 1. The fraction of sp³-hybridized carbons (Fsp3) is 0.647. The van der Waals surface area contributed by atoms with Crippen molar-refractivity contribution >= 4 is 11.6 Å². The van der Waals surface area contributed by atoms with E-state index in [4.69, 9.17) is 16.3 Å². The number of piperidine rings is 1. The van der Waals surface area contributed by atoms with Crippen LogP contribution in [0.1, 0.15) is 39.0 Å². The van der Waals surface area contributed by atoms with Gasteiger partial charge in [0.05, 0.1) is 6.61 Å². The Morgan fingerprint density at radius 1 is 1.20 bits per heavy atom. The molecule has 0 bridgehead atoms. The number of benzene rings is 1. The number of hydrogen-bond acceptors (Lipinski definition) is 2. The van der Waals surface area contributed by atoms with Gasteiger partial charge in [-0.2, -0.15) is 0 Å². The third-order valence-corrected chi connectivity index (χ3v) is 4.29. The highest BCUT2D eigenvalue weighted by atomic mass is 35.5. The van der Waals surface area contributed by atoms with Gasteiger partial charge in [0, 0.05) is 5.02 Å².